The average Bonchev–Trinajstić information content (AvgIpc) is 2.97. The van der Waals surface area contributed by atoms with E-state index >= 15 is 0 Å². The first kappa shape index (κ1) is 14.3. The zero-order valence-corrected chi connectivity index (χ0v) is 12.5. The Morgan fingerprint density at radius 1 is 1.14 bits per heavy atom. The molecule has 22 heavy (non-hydrogen) atoms. The summed E-state index contributed by atoms with van der Waals surface area (Å²) in [7, 11) is 0. The standard InChI is InChI=1S/C18H19N3O/c1-2-14(18-20-15-10-6-7-11-16(15)21-18)19-17(22)12-13-8-4-3-5-9-13/h3-11,14H,2,12H2,1H3,(H,19,22)(H,20,21). The lowest BCUT2D eigenvalue weighted by atomic mass is 10.1. The number of amides is 1. The van der Waals surface area contributed by atoms with Crippen molar-refractivity contribution in [2.45, 2.75) is 25.8 Å². The monoisotopic (exact) mass is 293 g/mol. The van der Waals surface area contributed by atoms with Crippen molar-refractivity contribution >= 4 is 16.9 Å². The summed E-state index contributed by atoms with van der Waals surface area (Å²) in [6, 6.07) is 17.6. The molecule has 1 unspecified atom stereocenters. The molecule has 4 nitrogen and oxygen atoms in total. The molecule has 0 saturated carbocycles. The number of rotatable bonds is 5. The predicted molar refractivity (Wildman–Crippen MR) is 87.4 cm³/mol. The molecule has 0 aliphatic heterocycles. The van der Waals surface area contributed by atoms with E-state index < -0.39 is 0 Å². The summed E-state index contributed by atoms with van der Waals surface area (Å²) in [6.07, 6.45) is 1.18. The Morgan fingerprint density at radius 3 is 2.59 bits per heavy atom. The highest BCUT2D eigenvalue weighted by molar-refractivity contribution is 5.79. The van der Waals surface area contributed by atoms with Gasteiger partial charge < -0.3 is 10.3 Å². The number of fused-ring (bicyclic) bond motifs is 1. The molecule has 1 amide bonds. The van der Waals surface area contributed by atoms with Crippen LogP contribution in [0.4, 0.5) is 0 Å². The third kappa shape index (κ3) is 3.17. The van der Waals surface area contributed by atoms with Crippen molar-refractivity contribution in [2.24, 2.45) is 0 Å². The molecule has 0 bridgehead atoms. The Hall–Kier alpha value is -2.62. The number of carbonyl (C=O) groups excluding carboxylic acids is 1. The highest BCUT2D eigenvalue weighted by atomic mass is 16.1. The molecular formula is C18H19N3O. The number of carbonyl (C=O) groups is 1. The molecule has 0 aliphatic rings. The maximum atomic E-state index is 12.2. The van der Waals surface area contributed by atoms with E-state index in [2.05, 4.69) is 15.3 Å². The fourth-order valence-corrected chi connectivity index (χ4v) is 2.53. The van der Waals surface area contributed by atoms with Crippen LogP contribution in [0.15, 0.2) is 54.6 Å². The second-order valence-electron chi connectivity index (χ2n) is 5.33. The van der Waals surface area contributed by atoms with E-state index in [0.29, 0.717) is 6.42 Å². The summed E-state index contributed by atoms with van der Waals surface area (Å²) in [4.78, 5) is 20.1. The Morgan fingerprint density at radius 2 is 1.86 bits per heavy atom. The molecule has 0 radical (unpaired) electrons. The van der Waals surface area contributed by atoms with Crippen LogP contribution in [0.2, 0.25) is 0 Å². The van der Waals surface area contributed by atoms with Crippen molar-refractivity contribution in [1.82, 2.24) is 15.3 Å². The second-order valence-corrected chi connectivity index (χ2v) is 5.33. The third-order valence-electron chi connectivity index (χ3n) is 3.69. The summed E-state index contributed by atoms with van der Waals surface area (Å²) >= 11 is 0. The van der Waals surface area contributed by atoms with E-state index in [9.17, 15) is 4.79 Å². The summed E-state index contributed by atoms with van der Waals surface area (Å²) in [6.45, 7) is 2.04. The number of hydrogen-bond donors (Lipinski definition) is 2. The lowest BCUT2D eigenvalue weighted by Gasteiger charge is -2.14. The second kappa shape index (κ2) is 6.43. The van der Waals surface area contributed by atoms with Crippen LogP contribution >= 0.6 is 0 Å². The zero-order valence-electron chi connectivity index (χ0n) is 12.5. The number of nitrogens with one attached hydrogen (secondary N) is 2. The first-order chi connectivity index (χ1) is 10.8. The van der Waals surface area contributed by atoms with E-state index in [-0.39, 0.29) is 11.9 Å². The van der Waals surface area contributed by atoms with Crippen LogP contribution in [0.3, 0.4) is 0 Å². The third-order valence-corrected chi connectivity index (χ3v) is 3.69. The Kier molecular flexibility index (Phi) is 4.19. The minimum absolute atomic E-state index is 0.0125. The van der Waals surface area contributed by atoms with Crippen molar-refractivity contribution in [3.63, 3.8) is 0 Å². The lowest BCUT2D eigenvalue weighted by Crippen LogP contribution is -2.30. The fourth-order valence-electron chi connectivity index (χ4n) is 2.53. The smallest absolute Gasteiger partial charge is 0.225 e. The van der Waals surface area contributed by atoms with Gasteiger partial charge in [-0.1, -0.05) is 49.4 Å². The number of aromatic amines is 1. The van der Waals surface area contributed by atoms with Crippen molar-refractivity contribution in [2.75, 3.05) is 0 Å². The van der Waals surface area contributed by atoms with Crippen LogP contribution in [-0.4, -0.2) is 15.9 Å². The van der Waals surface area contributed by atoms with Crippen LogP contribution in [0.1, 0.15) is 30.8 Å². The van der Waals surface area contributed by atoms with E-state index in [1.807, 2.05) is 61.5 Å². The number of para-hydroxylation sites is 2. The molecular weight excluding hydrogens is 274 g/mol. The van der Waals surface area contributed by atoms with E-state index in [0.717, 1.165) is 28.8 Å². The fraction of sp³-hybridized carbons (Fsp3) is 0.222. The van der Waals surface area contributed by atoms with Gasteiger partial charge >= 0.3 is 0 Å². The number of benzene rings is 2. The van der Waals surface area contributed by atoms with Crippen LogP contribution < -0.4 is 5.32 Å². The number of H-pyrrole nitrogens is 1. The molecule has 1 aromatic heterocycles. The number of aromatic nitrogens is 2. The van der Waals surface area contributed by atoms with Gasteiger partial charge in [-0.25, -0.2) is 4.98 Å². The van der Waals surface area contributed by atoms with Crippen molar-refractivity contribution < 1.29 is 4.79 Å². The molecule has 2 N–H and O–H groups in total. The predicted octanol–water partition coefficient (Wildman–Crippen LogP) is 3.37. The van der Waals surface area contributed by atoms with Gasteiger partial charge in [0.1, 0.15) is 5.82 Å². The molecule has 0 fully saturated rings. The molecule has 0 aliphatic carbocycles. The van der Waals surface area contributed by atoms with E-state index in [1.165, 1.54) is 0 Å². The van der Waals surface area contributed by atoms with Gasteiger partial charge in [-0.2, -0.15) is 0 Å². The van der Waals surface area contributed by atoms with Gasteiger partial charge in [0, 0.05) is 0 Å². The summed E-state index contributed by atoms with van der Waals surface area (Å²) < 4.78 is 0. The molecule has 3 rings (SSSR count). The minimum Gasteiger partial charge on any atom is -0.346 e. The largest absolute Gasteiger partial charge is 0.346 e. The zero-order chi connectivity index (χ0) is 15.4. The van der Waals surface area contributed by atoms with Gasteiger partial charge in [0.15, 0.2) is 0 Å². The number of imidazole rings is 1. The summed E-state index contributed by atoms with van der Waals surface area (Å²) in [5.74, 6) is 0.823. The SMILES string of the molecule is CCC(NC(=O)Cc1ccccc1)c1nc2ccccc2[nH]1. The Bertz CT molecular complexity index is 731. The Labute approximate surface area is 129 Å². The van der Waals surface area contributed by atoms with Gasteiger partial charge in [0.25, 0.3) is 0 Å². The topological polar surface area (TPSA) is 57.8 Å². The quantitative estimate of drug-likeness (QED) is 0.757. The minimum atomic E-state index is -0.0939. The van der Waals surface area contributed by atoms with Gasteiger partial charge in [-0.15, -0.1) is 0 Å². The molecule has 0 spiro atoms. The lowest BCUT2D eigenvalue weighted by molar-refractivity contribution is -0.121. The van der Waals surface area contributed by atoms with Crippen LogP contribution in [0, 0.1) is 0 Å². The molecule has 1 heterocycles. The maximum Gasteiger partial charge on any atom is 0.225 e. The van der Waals surface area contributed by atoms with Gasteiger partial charge in [-0.3, -0.25) is 4.79 Å². The molecule has 0 saturated heterocycles. The highest BCUT2D eigenvalue weighted by Crippen LogP contribution is 2.18. The molecule has 3 aromatic rings. The molecule has 112 valence electrons. The number of nitrogens with zero attached hydrogens (tertiary/aromatic N) is 1. The van der Waals surface area contributed by atoms with Crippen LogP contribution in [0.25, 0.3) is 11.0 Å². The van der Waals surface area contributed by atoms with Crippen molar-refractivity contribution in [1.29, 1.82) is 0 Å². The average molecular weight is 293 g/mol. The van der Waals surface area contributed by atoms with E-state index in [4.69, 9.17) is 0 Å². The molecule has 1 atom stereocenters. The number of hydrogen-bond acceptors (Lipinski definition) is 2. The first-order valence-corrected chi connectivity index (χ1v) is 7.54. The first-order valence-electron chi connectivity index (χ1n) is 7.54. The van der Waals surface area contributed by atoms with Gasteiger partial charge in [0.05, 0.1) is 23.5 Å². The van der Waals surface area contributed by atoms with Gasteiger partial charge in [0.2, 0.25) is 5.91 Å². The maximum absolute atomic E-state index is 12.2. The van der Waals surface area contributed by atoms with Crippen LogP contribution in [0.5, 0.6) is 0 Å². The highest BCUT2D eigenvalue weighted by Gasteiger charge is 2.16. The van der Waals surface area contributed by atoms with Crippen molar-refractivity contribution in [3.05, 3.63) is 66.0 Å². The van der Waals surface area contributed by atoms with Crippen LogP contribution in [-0.2, 0) is 11.2 Å². The molecule has 4 heteroatoms. The molecule has 2 aromatic carbocycles. The summed E-state index contributed by atoms with van der Waals surface area (Å²) in [5.41, 5.74) is 2.93. The normalized spacial score (nSPS) is 12.2. The van der Waals surface area contributed by atoms with E-state index in [1.54, 1.807) is 0 Å². The van der Waals surface area contributed by atoms with Crippen molar-refractivity contribution in [3.8, 4) is 0 Å². The summed E-state index contributed by atoms with van der Waals surface area (Å²) in [5, 5.41) is 3.06. The van der Waals surface area contributed by atoms with Gasteiger partial charge in [-0.05, 0) is 24.1 Å². The Balaban J connectivity index is 1.72.